The van der Waals surface area contributed by atoms with Crippen LogP contribution in [0.5, 0.6) is 0 Å². The lowest BCUT2D eigenvalue weighted by Crippen LogP contribution is -2.57. The summed E-state index contributed by atoms with van der Waals surface area (Å²) in [5, 5.41) is 0. The highest BCUT2D eigenvalue weighted by Crippen LogP contribution is 2.30. The number of hydrogen-bond donors (Lipinski definition) is 0. The van der Waals surface area contributed by atoms with Crippen LogP contribution in [-0.2, 0) is 0 Å². The maximum absolute atomic E-state index is 2.60. The first-order valence-corrected chi connectivity index (χ1v) is 5.66. The molecule has 0 aromatic carbocycles. The van der Waals surface area contributed by atoms with Gasteiger partial charge in [0.15, 0.2) is 0 Å². The van der Waals surface area contributed by atoms with Crippen molar-refractivity contribution in [1.29, 1.82) is 0 Å². The van der Waals surface area contributed by atoms with Gasteiger partial charge in [-0.15, -0.1) is 0 Å². The van der Waals surface area contributed by atoms with Gasteiger partial charge in [0.2, 0.25) is 0 Å². The molecular weight excluding hydrogens is 172 g/mol. The SMILES string of the molecule is CC(C)(C)N1CC[N+](C)(C(C)(C)C)C1. The number of quaternary nitrogens is 1. The molecule has 1 aliphatic rings. The third-order valence-electron chi connectivity index (χ3n) is 3.91. The summed E-state index contributed by atoms with van der Waals surface area (Å²) in [6.07, 6.45) is 0. The largest absolute Gasteiger partial charge is 0.308 e. The Bertz CT molecular complexity index is 209. The molecule has 0 N–H and O–H groups in total. The summed E-state index contributed by atoms with van der Waals surface area (Å²) in [5.74, 6) is 0. The second kappa shape index (κ2) is 3.21. The molecule has 0 spiro atoms. The molecule has 84 valence electrons. The predicted octanol–water partition coefficient (Wildman–Crippen LogP) is 2.30. The molecule has 1 atom stereocenters. The van der Waals surface area contributed by atoms with E-state index in [1.54, 1.807) is 0 Å². The highest BCUT2D eigenvalue weighted by molar-refractivity contribution is 4.79. The van der Waals surface area contributed by atoms with Crippen molar-refractivity contribution in [3.05, 3.63) is 0 Å². The van der Waals surface area contributed by atoms with E-state index in [2.05, 4.69) is 53.5 Å². The Morgan fingerprint density at radius 1 is 1.00 bits per heavy atom. The fourth-order valence-electron chi connectivity index (χ4n) is 1.95. The summed E-state index contributed by atoms with van der Waals surface area (Å²) >= 11 is 0. The van der Waals surface area contributed by atoms with E-state index in [9.17, 15) is 0 Å². The zero-order valence-electron chi connectivity index (χ0n) is 11.0. The maximum Gasteiger partial charge on any atom is 0.135 e. The standard InChI is InChI=1S/C12H27N2/c1-11(2,3)13-8-9-14(7,10-13)12(4,5)6/h8-10H2,1-7H3/q+1. The van der Waals surface area contributed by atoms with E-state index in [0.717, 1.165) is 0 Å². The van der Waals surface area contributed by atoms with Gasteiger partial charge >= 0.3 is 0 Å². The van der Waals surface area contributed by atoms with Crippen LogP contribution < -0.4 is 0 Å². The van der Waals surface area contributed by atoms with Crippen LogP contribution in [0.3, 0.4) is 0 Å². The minimum Gasteiger partial charge on any atom is -0.308 e. The Labute approximate surface area is 89.5 Å². The third kappa shape index (κ3) is 2.12. The first kappa shape index (κ1) is 12.0. The molecule has 0 aliphatic carbocycles. The molecule has 0 aromatic rings. The van der Waals surface area contributed by atoms with Crippen LogP contribution in [0.4, 0.5) is 0 Å². The summed E-state index contributed by atoms with van der Waals surface area (Å²) in [6, 6.07) is 0. The second-order valence-corrected chi connectivity index (χ2v) is 6.87. The van der Waals surface area contributed by atoms with Crippen molar-refractivity contribution in [3.8, 4) is 0 Å². The molecule has 14 heavy (non-hydrogen) atoms. The quantitative estimate of drug-likeness (QED) is 0.541. The first-order chi connectivity index (χ1) is 6.06. The van der Waals surface area contributed by atoms with Gasteiger partial charge in [-0.25, -0.2) is 4.90 Å². The van der Waals surface area contributed by atoms with Gasteiger partial charge in [0, 0.05) is 5.54 Å². The molecule has 0 amide bonds. The van der Waals surface area contributed by atoms with Crippen LogP contribution in [0.1, 0.15) is 41.5 Å². The first-order valence-electron chi connectivity index (χ1n) is 5.66. The van der Waals surface area contributed by atoms with Gasteiger partial charge in [0.1, 0.15) is 6.67 Å². The summed E-state index contributed by atoms with van der Waals surface area (Å²) in [4.78, 5) is 2.60. The normalized spacial score (nSPS) is 31.1. The topological polar surface area (TPSA) is 3.24 Å². The second-order valence-electron chi connectivity index (χ2n) is 6.87. The summed E-state index contributed by atoms with van der Waals surface area (Å²) in [7, 11) is 2.38. The molecule has 1 unspecified atom stereocenters. The lowest BCUT2D eigenvalue weighted by Gasteiger charge is -2.43. The van der Waals surface area contributed by atoms with Gasteiger partial charge in [-0.2, -0.15) is 0 Å². The van der Waals surface area contributed by atoms with Crippen molar-refractivity contribution in [2.24, 2.45) is 0 Å². The Hall–Kier alpha value is -0.0800. The van der Waals surface area contributed by atoms with Crippen LogP contribution in [-0.4, -0.2) is 47.3 Å². The molecule has 1 fully saturated rings. The van der Waals surface area contributed by atoms with Gasteiger partial charge < -0.3 is 4.48 Å². The van der Waals surface area contributed by atoms with Gasteiger partial charge in [0.25, 0.3) is 0 Å². The predicted molar refractivity (Wildman–Crippen MR) is 62.1 cm³/mol. The van der Waals surface area contributed by atoms with Crippen LogP contribution in [0.15, 0.2) is 0 Å². The number of likely N-dealkylation sites (N-methyl/N-ethyl adjacent to an activating group) is 1. The average Bonchev–Trinajstić information content (AvgIpc) is 2.29. The van der Waals surface area contributed by atoms with E-state index in [1.807, 2.05) is 0 Å². The van der Waals surface area contributed by atoms with Crippen molar-refractivity contribution in [1.82, 2.24) is 4.90 Å². The van der Waals surface area contributed by atoms with E-state index in [-0.39, 0.29) is 0 Å². The Morgan fingerprint density at radius 2 is 1.50 bits per heavy atom. The minimum absolute atomic E-state index is 0.321. The highest BCUT2D eigenvalue weighted by atomic mass is 15.5. The Morgan fingerprint density at radius 3 is 1.71 bits per heavy atom. The van der Waals surface area contributed by atoms with Crippen LogP contribution in [0, 0.1) is 0 Å². The van der Waals surface area contributed by atoms with Crippen molar-refractivity contribution < 1.29 is 4.48 Å². The van der Waals surface area contributed by atoms with E-state index in [4.69, 9.17) is 0 Å². The zero-order chi connectivity index (χ0) is 11.2. The van der Waals surface area contributed by atoms with E-state index >= 15 is 0 Å². The molecule has 1 aliphatic heterocycles. The molecule has 0 bridgehead atoms. The van der Waals surface area contributed by atoms with Gasteiger partial charge in [0.05, 0.1) is 25.7 Å². The minimum atomic E-state index is 0.321. The van der Waals surface area contributed by atoms with Crippen LogP contribution in [0.25, 0.3) is 0 Å². The van der Waals surface area contributed by atoms with Crippen molar-refractivity contribution in [2.45, 2.75) is 52.6 Å². The molecule has 1 saturated heterocycles. The molecule has 2 nitrogen and oxygen atoms in total. The lowest BCUT2D eigenvalue weighted by atomic mass is 10.0. The van der Waals surface area contributed by atoms with Gasteiger partial charge in [-0.3, -0.25) is 0 Å². The van der Waals surface area contributed by atoms with Crippen molar-refractivity contribution in [3.63, 3.8) is 0 Å². The van der Waals surface area contributed by atoms with Gasteiger partial charge in [-0.1, -0.05) is 0 Å². The van der Waals surface area contributed by atoms with Crippen LogP contribution in [0.2, 0.25) is 0 Å². The summed E-state index contributed by atoms with van der Waals surface area (Å²) in [6.45, 7) is 17.7. The Balaban J connectivity index is 2.75. The molecule has 1 rings (SSSR count). The fourth-order valence-corrected chi connectivity index (χ4v) is 1.95. The molecule has 0 saturated carbocycles. The molecule has 2 heteroatoms. The molecular formula is C12H27N2+. The lowest BCUT2D eigenvalue weighted by molar-refractivity contribution is -0.946. The molecule has 0 aromatic heterocycles. The molecule has 1 heterocycles. The highest BCUT2D eigenvalue weighted by Gasteiger charge is 2.44. The van der Waals surface area contributed by atoms with Crippen molar-refractivity contribution >= 4 is 0 Å². The molecule has 0 radical (unpaired) electrons. The summed E-state index contributed by atoms with van der Waals surface area (Å²) in [5.41, 5.74) is 0.682. The zero-order valence-corrected chi connectivity index (χ0v) is 11.0. The monoisotopic (exact) mass is 199 g/mol. The number of nitrogens with zero attached hydrogens (tertiary/aromatic N) is 2. The number of hydrogen-bond acceptors (Lipinski definition) is 1. The van der Waals surface area contributed by atoms with Crippen LogP contribution >= 0.6 is 0 Å². The van der Waals surface area contributed by atoms with E-state index in [1.165, 1.54) is 24.2 Å². The third-order valence-corrected chi connectivity index (χ3v) is 3.91. The van der Waals surface area contributed by atoms with E-state index in [0.29, 0.717) is 11.1 Å². The van der Waals surface area contributed by atoms with E-state index < -0.39 is 0 Å². The maximum atomic E-state index is 2.60. The Kier molecular flexibility index (Phi) is 2.75. The van der Waals surface area contributed by atoms with Gasteiger partial charge in [-0.05, 0) is 41.5 Å². The smallest absolute Gasteiger partial charge is 0.135 e. The summed E-state index contributed by atoms with van der Waals surface area (Å²) < 4.78 is 1.17. The average molecular weight is 199 g/mol. The number of rotatable bonds is 0. The fraction of sp³-hybridized carbons (Fsp3) is 1.00. The van der Waals surface area contributed by atoms with Crippen molar-refractivity contribution in [2.75, 3.05) is 26.8 Å².